The first-order valence-corrected chi connectivity index (χ1v) is 8.24. The van der Waals surface area contributed by atoms with Crippen LogP contribution in [0.3, 0.4) is 0 Å². The Labute approximate surface area is 130 Å². The average Bonchev–Trinajstić information content (AvgIpc) is 2.62. The Morgan fingerprint density at radius 2 is 1.05 bits per heavy atom. The first-order valence-electron chi connectivity index (χ1n) is 6.98. The molecule has 3 aromatic carbocycles. The van der Waals surface area contributed by atoms with Crippen molar-refractivity contribution in [3.8, 4) is 0 Å². The van der Waals surface area contributed by atoms with E-state index < -0.39 is 7.80 Å². The van der Waals surface area contributed by atoms with Crippen LogP contribution in [0.15, 0.2) is 84.9 Å². The van der Waals surface area contributed by atoms with Crippen molar-refractivity contribution in [2.45, 2.75) is 0 Å². The van der Waals surface area contributed by atoms with Gasteiger partial charge in [-0.25, -0.2) is 0 Å². The quantitative estimate of drug-likeness (QED) is 0.544. The predicted molar refractivity (Wildman–Crippen MR) is 89.6 cm³/mol. The Hall–Kier alpha value is -2.57. The van der Waals surface area contributed by atoms with E-state index in [1.54, 1.807) is 36.4 Å². The molecule has 3 aromatic rings. The van der Waals surface area contributed by atoms with Crippen molar-refractivity contribution in [3.63, 3.8) is 0 Å². The van der Waals surface area contributed by atoms with Crippen LogP contribution in [0.5, 0.6) is 0 Å². The molecule has 0 aliphatic rings. The van der Waals surface area contributed by atoms with Gasteiger partial charge in [0.25, 0.3) is 0 Å². The molecule has 0 heterocycles. The van der Waals surface area contributed by atoms with Gasteiger partial charge >= 0.3 is 7.80 Å². The standard InChI is InChI=1S/C19H14O2P/c20-19(15-7-3-1-4-8-15)16-11-13-18(14-12-16)22(21)17-9-5-2-6-10-17/h1-14H/q+1. The molecule has 0 amide bonds. The lowest BCUT2D eigenvalue weighted by Gasteiger charge is -2.00. The fourth-order valence-electron chi connectivity index (χ4n) is 2.22. The smallest absolute Gasteiger partial charge is 0.289 e. The summed E-state index contributed by atoms with van der Waals surface area (Å²) in [7, 11) is -1.62. The topological polar surface area (TPSA) is 34.1 Å². The van der Waals surface area contributed by atoms with Crippen molar-refractivity contribution in [3.05, 3.63) is 96.1 Å². The molecule has 0 saturated heterocycles. The highest BCUT2D eigenvalue weighted by Crippen LogP contribution is 2.20. The van der Waals surface area contributed by atoms with E-state index in [0.717, 1.165) is 10.6 Å². The number of rotatable bonds is 4. The first kappa shape index (κ1) is 14.4. The number of ketones is 1. The zero-order valence-corrected chi connectivity index (χ0v) is 12.7. The van der Waals surface area contributed by atoms with Gasteiger partial charge in [-0.15, -0.1) is 0 Å². The molecule has 0 bridgehead atoms. The summed E-state index contributed by atoms with van der Waals surface area (Å²) in [6, 6.07) is 25.5. The second-order valence-corrected chi connectivity index (χ2v) is 6.49. The maximum atomic E-state index is 12.5. The van der Waals surface area contributed by atoms with E-state index in [9.17, 15) is 9.36 Å². The minimum absolute atomic E-state index is 0.0258. The maximum Gasteiger partial charge on any atom is 0.415 e. The lowest BCUT2D eigenvalue weighted by atomic mass is 10.0. The van der Waals surface area contributed by atoms with Gasteiger partial charge in [-0.1, -0.05) is 53.1 Å². The van der Waals surface area contributed by atoms with Gasteiger partial charge < -0.3 is 0 Å². The Bertz CT molecular complexity index is 723. The highest BCUT2D eigenvalue weighted by molar-refractivity contribution is 7.61. The molecule has 0 fully saturated rings. The van der Waals surface area contributed by atoms with E-state index in [1.165, 1.54) is 0 Å². The first-order chi connectivity index (χ1) is 10.8. The van der Waals surface area contributed by atoms with Crippen LogP contribution in [-0.2, 0) is 4.57 Å². The minimum Gasteiger partial charge on any atom is -0.289 e. The molecule has 0 aromatic heterocycles. The van der Waals surface area contributed by atoms with E-state index >= 15 is 0 Å². The van der Waals surface area contributed by atoms with E-state index in [4.69, 9.17) is 0 Å². The van der Waals surface area contributed by atoms with Gasteiger partial charge in [0.15, 0.2) is 16.4 Å². The third kappa shape index (κ3) is 3.03. The summed E-state index contributed by atoms with van der Waals surface area (Å²) < 4.78 is 12.5. The van der Waals surface area contributed by atoms with Crippen molar-refractivity contribution in [2.24, 2.45) is 0 Å². The van der Waals surface area contributed by atoms with Crippen molar-refractivity contribution >= 4 is 24.2 Å². The summed E-state index contributed by atoms with van der Waals surface area (Å²) in [5, 5.41) is 1.52. The van der Waals surface area contributed by atoms with Crippen LogP contribution in [0.4, 0.5) is 0 Å². The molecule has 0 aliphatic carbocycles. The van der Waals surface area contributed by atoms with Crippen molar-refractivity contribution < 1.29 is 9.36 Å². The highest BCUT2D eigenvalue weighted by atomic mass is 31.1. The van der Waals surface area contributed by atoms with Gasteiger partial charge in [-0.3, -0.25) is 4.79 Å². The summed E-state index contributed by atoms with van der Waals surface area (Å²) in [6.07, 6.45) is 0. The molecule has 1 atom stereocenters. The lowest BCUT2D eigenvalue weighted by Crippen LogP contribution is -2.08. The number of carbonyl (C=O) groups is 1. The normalized spacial score (nSPS) is 11.0. The van der Waals surface area contributed by atoms with Crippen LogP contribution in [0.25, 0.3) is 0 Å². The van der Waals surface area contributed by atoms with Crippen LogP contribution in [0.1, 0.15) is 15.9 Å². The fourth-order valence-corrected chi connectivity index (χ4v) is 3.38. The van der Waals surface area contributed by atoms with Gasteiger partial charge in [0.05, 0.1) is 0 Å². The second kappa shape index (κ2) is 6.46. The van der Waals surface area contributed by atoms with Crippen molar-refractivity contribution in [2.75, 3.05) is 0 Å². The predicted octanol–water partition coefficient (Wildman–Crippen LogP) is 3.70. The zero-order valence-electron chi connectivity index (χ0n) is 11.8. The van der Waals surface area contributed by atoms with Crippen LogP contribution in [0, 0.1) is 0 Å². The van der Waals surface area contributed by atoms with Crippen molar-refractivity contribution in [1.82, 2.24) is 0 Å². The summed E-state index contributed by atoms with van der Waals surface area (Å²) in [4.78, 5) is 12.3. The summed E-state index contributed by atoms with van der Waals surface area (Å²) >= 11 is 0. The monoisotopic (exact) mass is 305 g/mol. The molecule has 0 N–H and O–H groups in total. The fraction of sp³-hybridized carbons (Fsp3) is 0. The Balaban J connectivity index is 1.84. The second-order valence-electron chi connectivity index (χ2n) is 4.87. The van der Waals surface area contributed by atoms with Crippen LogP contribution >= 0.6 is 7.80 Å². The third-order valence-corrected chi connectivity index (χ3v) is 4.93. The summed E-state index contributed by atoms with van der Waals surface area (Å²) in [5.41, 5.74) is 1.26. The number of carbonyl (C=O) groups excluding carboxylic acids is 1. The van der Waals surface area contributed by atoms with E-state index in [-0.39, 0.29) is 5.78 Å². The Kier molecular flexibility index (Phi) is 4.22. The molecular formula is C19H14O2P+. The van der Waals surface area contributed by atoms with E-state index in [0.29, 0.717) is 11.1 Å². The van der Waals surface area contributed by atoms with Gasteiger partial charge in [-0.2, -0.15) is 0 Å². The molecule has 0 saturated carbocycles. The minimum atomic E-state index is -1.62. The SMILES string of the molecule is O=C(c1ccccc1)c1ccc([P+](=O)c2ccccc2)cc1. The molecule has 106 valence electrons. The maximum absolute atomic E-state index is 12.5. The summed E-state index contributed by atoms with van der Waals surface area (Å²) in [6.45, 7) is 0. The van der Waals surface area contributed by atoms with Crippen LogP contribution < -0.4 is 10.6 Å². The summed E-state index contributed by atoms with van der Waals surface area (Å²) in [5.74, 6) is -0.0258. The molecule has 1 unspecified atom stereocenters. The highest BCUT2D eigenvalue weighted by Gasteiger charge is 2.23. The average molecular weight is 305 g/mol. The largest absolute Gasteiger partial charge is 0.415 e. The molecule has 0 spiro atoms. The van der Waals surface area contributed by atoms with Crippen LogP contribution in [-0.4, -0.2) is 5.78 Å². The number of benzene rings is 3. The molecule has 0 radical (unpaired) electrons. The molecular weight excluding hydrogens is 291 g/mol. The van der Waals surface area contributed by atoms with Crippen molar-refractivity contribution in [1.29, 1.82) is 0 Å². The number of hydrogen-bond donors (Lipinski definition) is 0. The molecule has 3 heteroatoms. The third-order valence-electron chi connectivity index (χ3n) is 3.39. The Morgan fingerprint density at radius 1 is 0.591 bits per heavy atom. The van der Waals surface area contributed by atoms with Crippen LogP contribution in [0.2, 0.25) is 0 Å². The molecule has 22 heavy (non-hydrogen) atoms. The van der Waals surface area contributed by atoms with Gasteiger partial charge in [0, 0.05) is 11.1 Å². The molecule has 3 rings (SSSR count). The van der Waals surface area contributed by atoms with E-state index in [2.05, 4.69) is 0 Å². The van der Waals surface area contributed by atoms with Gasteiger partial charge in [-0.05, 0) is 36.4 Å². The molecule has 2 nitrogen and oxygen atoms in total. The Morgan fingerprint density at radius 3 is 1.64 bits per heavy atom. The molecule has 0 aliphatic heterocycles. The number of hydrogen-bond acceptors (Lipinski definition) is 2. The van der Waals surface area contributed by atoms with Gasteiger partial charge in [0.2, 0.25) is 0 Å². The van der Waals surface area contributed by atoms with Gasteiger partial charge in [0.1, 0.15) is 0 Å². The lowest BCUT2D eigenvalue weighted by molar-refractivity contribution is 0.103. The zero-order chi connectivity index (χ0) is 15.4. The van der Waals surface area contributed by atoms with E-state index in [1.807, 2.05) is 48.5 Å².